The Labute approximate surface area is 144 Å². The number of anilines is 2. The molecule has 0 aromatic carbocycles. The minimum absolute atomic E-state index is 0.0761. The molecule has 0 saturated heterocycles. The number of hydrogen-bond donors (Lipinski definition) is 1. The molecule has 6 heteroatoms. The number of halogens is 2. The Morgan fingerprint density at radius 3 is 2.78 bits per heavy atom. The lowest BCUT2D eigenvalue weighted by molar-refractivity contribution is 0.636. The van der Waals surface area contributed by atoms with Crippen LogP contribution in [0.2, 0.25) is 0 Å². The predicted octanol–water partition coefficient (Wildman–Crippen LogP) is 4.42. The lowest BCUT2D eigenvalue weighted by Crippen LogP contribution is -2.25. The lowest BCUT2D eigenvalue weighted by Gasteiger charge is -2.20. The molecule has 0 atom stereocenters. The van der Waals surface area contributed by atoms with E-state index in [4.69, 9.17) is 0 Å². The number of allylic oxidation sites excluding steroid dienone is 4. The van der Waals surface area contributed by atoms with E-state index in [0.717, 1.165) is 22.3 Å². The van der Waals surface area contributed by atoms with Gasteiger partial charge in [-0.25, -0.2) is 4.39 Å². The van der Waals surface area contributed by atoms with Crippen LogP contribution in [-0.4, -0.2) is 11.2 Å². The summed E-state index contributed by atoms with van der Waals surface area (Å²) < 4.78 is 16.5. The number of pyridine rings is 1. The first-order valence-electron chi connectivity index (χ1n) is 7.51. The Morgan fingerprint density at radius 1 is 1.52 bits per heavy atom. The zero-order chi connectivity index (χ0) is 17.1. The van der Waals surface area contributed by atoms with Crippen molar-refractivity contribution in [2.24, 2.45) is 0 Å². The molecule has 0 radical (unpaired) electrons. The van der Waals surface area contributed by atoms with Gasteiger partial charge in [0.05, 0.1) is 23.7 Å². The maximum atomic E-state index is 13.9. The summed E-state index contributed by atoms with van der Waals surface area (Å²) in [5.41, 5.74) is 2.68. The molecule has 1 aliphatic rings. The van der Waals surface area contributed by atoms with Crippen molar-refractivity contribution < 1.29 is 4.39 Å². The van der Waals surface area contributed by atoms with E-state index in [1.165, 1.54) is 0 Å². The van der Waals surface area contributed by atoms with Crippen LogP contribution in [0.25, 0.3) is 0 Å². The largest absolute Gasteiger partial charge is 0.364 e. The van der Waals surface area contributed by atoms with E-state index in [-0.39, 0.29) is 5.56 Å². The Kier molecular flexibility index (Phi) is 5.46. The molecule has 0 unspecified atom stereocenters. The van der Waals surface area contributed by atoms with Gasteiger partial charge in [-0.15, -0.1) is 0 Å². The smallest absolute Gasteiger partial charge is 0.252 e. The normalized spacial score (nSPS) is 14.7. The van der Waals surface area contributed by atoms with E-state index in [0.29, 0.717) is 24.6 Å². The van der Waals surface area contributed by atoms with E-state index >= 15 is 0 Å². The van der Waals surface area contributed by atoms with Crippen molar-refractivity contribution in [2.75, 3.05) is 16.9 Å². The Bertz CT molecular complexity index is 745. The van der Waals surface area contributed by atoms with E-state index in [1.807, 2.05) is 20.8 Å². The van der Waals surface area contributed by atoms with Gasteiger partial charge in [-0.1, -0.05) is 35.5 Å². The summed E-state index contributed by atoms with van der Waals surface area (Å²) in [6.07, 6.45) is 4.28. The molecule has 1 aromatic heterocycles. The summed E-state index contributed by atoms with van der Waals surface area (Å²) in [5, 5.41) is 3.25. The van der Waals surface area contributed by atoms with Crippen molar-refractivity contribution in [1.29, 1.82) is 0 Å². The molecule has 0 amide bonds. The average Bonchev–Trinajstić information content (AvgIpc) is 2.87. The Balaban J connectivity index is 2.53. The van der Waals surface area contributed by atoms with Gasteiger partial charge in [0, 0.05) is 18.3 Å². The van der Waals surface area contributed by atoms with Crippen LogP contribution in [0.5, 0.6) is 0 Å². The van der Waals surface area contributed by atoms with Crippen LogP contribution in [0.15, 0.2) is 45.6 Å². The molecular formula is C17H21BrFN3O. The van der Waals surface area contributed by atoms with Gasteiger partial charge in [0.1, 0.15) is 5.83 Å². The Hall–Kier alpha value is -1.82. The van der Waals surface area contributed by atoms with Gasteiger partial charge in [-0.05, 0) is 30.8 Å². The molecule has 2 rings (SSSR count). The molecule has 0 saturated carbocycles. The highest BCUT2D eigenvalue weighted by Gasteiger charge is 2.26. The highest BCUT2D eigenvalue weighted by molar-refractivity contribution is 9.11. The zero-order valence-corrected chi connectivity index (χ0v) is 15.2. The van der Waals surface area contributed by atoms with Crippen LogP contribution in [-0.2, 0) is 6.54 Å². The summed E-state index contributed by atoms with van der Waals surface area (Å²) >= 11 is 3.32. The van der Waals surface area contributed by atoms with Crippen LogP contribution in [0.4, 0.5) is 15.8 Å². The monoisotopic (exact) mass is 381 g/mol. The number of hydrogen-bond acceptors (Lipinski definition) is 3. The number of rotatable bonds is 5. The SMILES string of the molecule is C=C(F)C(=CC=C(C)Br)N1CNc2c1cc(=O)n(CCC)c2C. The summed E-state index contributed by atoms with van der Waals surface area (Å²) in [6.45, 7) is 10.3. The average molecular weight is 382 g/mol. The first-order chi connectivity index (χ1) is 10.9. The molecule has 0 spiro atoms. The van der Waals surface area contributed by atoms with E-state index in [9.17, 15) is 9.18 Å². The first kappa shape index (κ1) is 17.5. The molecule has 1 aromatic rings. The van der Waals surface area contributed by atoms with Crippen molar-refractivity contribution in [3.63, 3.8) is 0 Å². The fraction of sp³-hybridized carbons (Fsp3) is 0.353. The molecule has 0 aliphatic carbocycles. The fourth-order valence-corrected chi connectivity index (χ4v) is 2.80. The van der Waals surface area contributed by atoms with Crippen LogP contribution in [0, 0.1) is 6.92 Å². The van der Waals surface area contributed by atoms with Crippen molar-refractivity contribution in [1.82, 2.24) is 4.57 Å². The molecular weight excluding hydrogens is 361 g/mol. The van der Waals surface area contributed by atoms with Gasteiger partial charge < -0.3 is 14.8 Å². The summed E-state index contributed by atoms with van der Waals surface area (Å²) in [4.78, 5) is 14.1. The molecule has 124 valence electrons. The summed E-state index contributed by atoms with van der Waals surface area (Å²) in [5.74, 6) is -0.542. The second kappa shape index (κ2) is 7.17. The van der Waals surface area contributed by atoms with Gasteiger partial charge in [0.2, 0.25) is 0 Å². The molecule has 2 heterocycles. The zero-order valence-electron chi connectivity index (χ0n) is 13.6. The topological polar surface area (TPSA) is 37.3 Å². The van der Waals surface area contributed by atoms with E-state index < -0.39 is 5.83 Å². The minimum atomic E-state index is -0.542. The van der Waals surface area contributed by atoms with Crippen LogP contribution in [0.1, 0.15) is 26.0 Å². The number of nitrogens with zero attached hydrogens (tertiary/aromatic N) is 2. The van der Waals surface area contributed by atoms with Crippen LogP contribution < -0.4 is 15.8 Å². The second-order valence-electron chi connectivity index (χ2n) is 5.45. The van der Waals surface area contributed by atoms with Gasteiger partial charge in [0.15, 0.2) is 0 Å². The van der Waals surface area contributed by atoms with Gasteiger partial charge in [-0.2, -0.15) is 0 Å². The molecule has 0 bridgehead atoms. The summed E-state index contributed by atoms with van der Waals surface area (Å²) in [7, 11) is 0. The number of nitrogens with one attached hydrogen (secondary N) is 1. The van der Waals surface area contributed by atoms with Crippen LogP contribution in [0.3, 0.4) is 0 Å². The van der Waals surface area contributed by atoms with Crippen molar-refractivity contribution in [3.05, 3.63) is 56.9 Å². The van der Waals surface area contributed by atoms with E-state index in [2.05, 4.69) is 27.8 Å². The van der Waals surface area contributed by atoms with Gasteiger partial charge in [-0.3, -0.25) is 4.79 Å². The first-order valence-corrected chi connectivity index (χ1v) is 8.30. The molecule has 23 heavy (non-hydrogen) atoms. The van der Waals surface area contributed by atoms with Gasteiger partial charge in [0.25, 0.3) is 5.56 Å². The third-order valence-electron chi connectivity index (χ3n) is 3.74. The lowest BCUT2D eigenvalue weighted by atomic mass is 10.2. The fourth-order valence-electron chi connectivity index (χ4n) is 2.66. The highest BCUT2D eigenvalue weighted by Crippen LogP contribution is 2.36. The molecule has 4 nitrogen and oxygen atoms in total. The summed E-state index contributed by atoms with van der Waals surface area (Å²) in [6, 6.07) is 1.56. The molecule has 1 aliphatic heterocycles. The maximum Gasteiger partial charge on any atom is 0.252 e. The van der Waals surface area contributed by atoms with Crippen molar-refractivity contribution >= 4 is 27.3 Å². The molecule has 1 N–H and O–H groups in total. The quantitative estimate of drug-likeness (QED) is 0.766. The van der Waals surface area contributed by atoms with Crippen LogP contribution >= 0.6 is 15.9 Å². The third kappa shape index (κ3) is 3.58. The highest BCUT2D eigenvalue weighted by atomic mass is 79.9. The molecule has 0 fully saturated rings. The van der Waals surface area contributed by atoms with Crippen molar-refractivity contribution in [2.45, 2.75) is 33.7 Å². The minimum Gasteiger partial charge on any atom is -0.364 e. The maximum absolute atomic E-state index is 13.9. The number of aromatic nitrogens is 1. The Morgan fingerprint density at radius 2 is 2.22 bits per heavy atom. The van der Waals surface area contributed by atoms with Crippen molar-refractivity contribution in [3.8, 4) is 0 Å². The standard InChI is InChI=1S/C17H21BrFN3O/c1-5-8-21-13(4)17-15(9-16(21)23)22(10-20-17)14(12(3)19)7-6-11(2)18/h6-7,9,20H,3,5,8,10H2,1-2,4H3. The second-order valence-corrected chi connectivity index (χ2v) is 6.70. The third-order valence-corrected chi connectivity index (χ3v) is 4.00. The van der Waals surface area contributed by atoms with Gasteiger partial charge >= 0.3 is 0 Å². The van der Waals surface area contributed by atoms with E-state index in [1.54, 1.807) is 27.7 Å². The number of fused-ring (bicyclic) bond motifs is 1. The predicted molar refractivity (Wildman–Crippen MR) is 97.7 cm³/mol.